The van der Waals surface area contributed by atoms with Crippen LogP contribution in [0, 0.1) is 16.7 Å². The molecule has 0 aliphatic heterocycles. The largest absolute Gasteiger partial charge is 0.352 e. The molecule has 1 rings (SSSR count). The summed E-state index contributed by atoms with van der Waals surface area (Å²) in [5, 5.41) is 2.80. The Hall–Kier alpha value is -0.670. The third kappa shape index (κ3) is 3.39. The Morgan fingerprint density at radius 2 is 1.53 bits per heavy atom. The van der Waals surface area contributed by atoms with Crippen LogP contribution in [-0.4, -0.2) is 17.9 Å². The molecule has 1 atom stereocenters. The van der Waals surface area contributed by atoms with E-state index in [0.29, 0.717) is 0 Å². The molecule has 0 radical (unpaired) electrons. The fourth-order valence-corrected chi connectivity index (χ4v) is 2.47. The Balaban J connectivity index is 2.73. The second-order valence-corrected chi connectivity index (χ2v) is 7.19. The van der Waals surface area contributed by atoms with Crippen molar-refractivity contribution in [2.24, 2.45) is 16.7 Å². The number of alkyl halides is 2. The summed E-state index contributed by atoms with van der Waals surface area (Å²) in [6.07, 6.45) is -0.306. The molecule has 1 aliphatic rings. The molecule has 0 bridgehead atoms. The van der Waals surface area contributed by atoms with E-state index >= 15 is 0 Å². The molecular weight excluding hydrogens is 224 g/mol. The van der Waals surface area contributed by atoms with Crippen LogP contribution in [0.2, 0.25) is 0 Å². The van der Waals surface area contributed by atoms with Crippen LogP contribution in [0.25, 0.3) is 0 Å². The maximum Gasteiger partial charge on any atom is 0.260 e. The minimum absolute atomic E-state index is 0.126. The second kappa shape index (κ2) is 3.92. The normalized spacial score (nSPS) is 23.7. The molecular formula is C13H23F2NO. The first-order valence-electron chi connectivity index (χ1n) is 6.04. The zero-order valence-electron chi connectivity index (χ0n) is 11.5. The number of rotatable bonds is 2. The van der Waals surface area contributed by atoms with Crippen LogP contribution in [-0.2, 0) is 4.79 Å². The topological polar surface area (TPSA) is 29.1 Å². The highest BCUT2D eigenvalue weighted by atomic mass is 19.3. The maximum atomic E-state index is 12.8. The van der Waals surface area contributed by atoms with Gasteiger partial charge in [0, 0.05) is 12.5 Å². The molecule has 1 saturated carbocycles. The van der Waals surface area contributed by atoms with Gasteiger partial charge in [0.25, 0.3) is 5.92 Å². The first-order valence-corrected chi connectivity index (χ1v) is 6.04. The molecule has 1 amide bonds. The summed E-state index contributed by atoms with van der Waals surface area (Å²) in [5.41, 5.74) is -0.309. The van der Waals surface area contributed by atoms with Crippen molar-refractivity contribution in [2.45, 2.75) is 59.9 Å². The Kier molecular flexibility index (Phi) is 3.32. The molecule has 0 heterocycles. The number of carbonyl (C=O) groups excluding carboxylic acids is 1. The van der Waals surface area contributed by atoms with Crippen LogP contribution < -0.4 is 5.32 Å². The van der Waals surface area contributed by atoms with Gasteiger partial charge in [0.2, 0.25) is 5.91 Å². The van der Waals surface area contributed by atoms with Crippen LogP contribution in [0.3, 0.4) is 0 Å². The van der Waals surface area contributed by atoms with Crippen LogP contribution in [0.1, 0.15) is 48.0 Å². The predicted molar refractivity (Wildman–Crippen MR) is 63.9 cm³/mol. The molecule has 100 valence electrons. The molecule has 4 heteroatoms. The molecule has 0 saturated heterocycles. The highest BCUT2D eigenvalue weighted by molar-refractivity contribution is 5.83. The lowest BCUT2D eigenvalue weighted by molar-refractivity contribution is -0.127. The SMILES string of the molecule is CC(C)(C)C(NC(=O)C1CC1(F)F)C(C)(C)C. The molecule has 2 nitrogen and oxygen atoms in total. The Bertz CT molecular complexity index is 298. The van der Waals surface area contributed by atoms with Gasteiger partial charge in [0.1, 0.15) is 5.92 Å². The van der Waals surface area contributed by atoms with Gasteiger partial charge in [-0.1, -0.05) is 41.5 Å². The summed E-state index contributed by atoms with van der Waals surface area (Å²) >= 11 is 0. The standard InChI is InChI=1S/C13H23F2NO/c1-11(2,3)10(12(4,5)6)16-9(17)8-7-13(8,14)15/h8,10H,7H2,1-6H3,(H,16,17). The summed E-state index contributed by atoms with van der Waals surface area (Å²) in [6.45, 7) is 12.0. The first kappa shape index (κ1) is 14.4. The number of nitrogens with one attached hydrogen (secondary N) is 1. The molecule has 1 aliphatic carbocycles. The Morgan fingerprint density at radius 1 is 1.18 bits per heavy atom. The van der Waals surface area contributed by atoms with Crippen LogP contribution in [0.15, 0.2) is 0 Å². The molecule has 17 heavy (non-hydrogen) atoms. The van der Waals surface area contributed by atoms with E-state index in [1.54, 1.807) is 0 Å². The number of amides is 1. The van der Waals surface area contributed by atoms with Crippen molar-refractivity contribution in [3.63, 3.8) is 0 Å². The van der Waals surface area contributed by atoms with Crippen molar-refractivity contribution < 1.29 is 13.6 Å². The van der Waals surface area contributed by atoms with Crippen molar-refractivity contribution in [1.29, 1.82) is 0 Å². The minimum atomic E-state index is -2.79. The number of carbonyl (C=O) groups is 1. The van der Waals surface area contributed by atoms with E-state index in [-0.39, 0.29) is 23.3 Å². The number of hydrogen-bond donors (Lipinski definition) is 1. The van der Waals surface area contributed by atoms with Crippen molar-refractivity contribution >= 4 is 5.91 Å². The molecule has 1 N–H and O–H groups in total. The third-order valence-electron chi connectivity index (χ3n) is 3.16. The van der Waals surface area contributed by atoms with Crippen molar-refractivity contribution in [1.82, 2.24) is 5.32 Å². The van der Waals surface area contributed by atoms with Gasteiger partial charge in [-0.3, -0.25) is 4.79 Å². The number of halogens is 2. The smallest absolute Gasteiger partial charge is 0.260 e. The molecule has 0 aromatic carbocycles. The monoisotopic (exact) mass is 247 g/mol. The van der Waals surface area contributed by atoms with Crippen molar-refractivity contribution in [2.75, 3.05) is 0 Å². The van der Waals surface area contributed by atoms with Gasteiger partial charge in [0.15, 0.2) is 0 Å². The molecule has 0 spiro atoms. The highest BCUT2D eigenvalue weighted by Crippen LogP contribution is 2.49. The molecule has 0 aromatic rings. The molecule has 0 aromatic heterocycles. The van der Waals surface area contributed by atoms with Crippen LogP contribution in [0.5, 0.6) is 0 Å². The third-order valence-corrected chi connectivity index (χ3v) is 3.16. The van der Waals surface area contributed by atoms with E-state index in [9.17, 15) is 13.6 Å². The average Bonchev–Trinajstić information content (AvgIpc) is 2.66. The minimum Gasteiger partial charge on any atom is -0.352 e. The van der Waals surface area contributed by atoms with Gasteiger partial charge >= 0.3 is 0 Å². The maximum absolute atomic E-state index is 12.8. The zero-order valence-corrected chi connectivity index (χ0v) is 11.5. The lowest BCUT2D eigenvalue weighted by Gasteiger charge is -2.41. The fraction of sp³-hybridized carbons (Fsp3) is 0.923. The molecule has 1 unspecified atom stereocenters. The summed E-state index contributed by atoms with van der Waals surface area (Å²) in [7, 11) is 0. The second-order valence-electron chi connectivity index (χ2n) is 7.19. The van der Waals surface area contributed by atoms with E-state index < -0.39 is 17.7 Å². The summed E-state index contributed by atoms with van der Waals surface area (Å²) in [6, 6.07) is -0.126. The fourth-order valence-electron chi connectivity index (χ4n) is 2.47. The van der Waals surface area contributed by atoms with Gasteiger partial charge in [-0.25, -0.2) is 8.78 Å². The van der Waals surface area contributed by atoms with Gasteiger partial charge in [-0.05, 0) is 10.8 Å². The lowest BCUT2D eigenvalue weighted by Crippen LogP contribution is -2.52. The Labute approximate surface area is 102 Å². The van der Waals surface area contributed by atoms with Crippen LogP contribution >= 0.6 is 0 Å². The number of hydrogen-bond acceptors (Lipinski definition) is 1. The van der Waals surface area contributed by atoms with Gasteiger partial charge in [-0.2, -0.15) is 0 Å². The van der Waals surface area contributed by atoms with E-state index in [2.05, 4.69) is 5.32 Å². The lowest BCUT2D eigenvalue weighted by atomic mass is 9.72. The van der Waals surface area contributed by atoms with Gasteiger partial charge < -0.3 is 5.32 Å². The van der Waals surface area contributed by atoms with E-state index in [1.165, 1.54) is 0 Å². The average molecular weight is 247 g/mol. The quantitative estimate of drug-likeness (QED) is 0.797. The van der Waals surface area contributed by atoms with Gasteiger partial charge in [-0.15, -0.1) is 0 Å². The highest BCUT2D eigenvalue weighted by Gasteiger charge is 2.61. The van der Waals surface area contributed by atoms with E-state index in [1.807, 2.05) is 41.5 Å². The zero-order chi connectivity index (χ0) is 13.6. The summed E-state index contributed by atoms with van der Waals surface area (Å²) in [4.78, 5) is 11.7. The molecule has 1 fully saturated rings. The van der Waals surface area contributed by atoms with Crippen LogP contribution in [0.4, 0.5) is 8.78 Å². The summed E-state index contributed by atoms with van der Waals surface area (Å²) in [5.74, 6) is -4.41. The first-order chi connectivity index (χ1) is 7.36. The van der Waals surface area contributed by atoms with Crippen molar-refractivity contribution in [3.05, 3.63) is 0 Å². The predicted octanol–water partition coefficient (Wildman–Crippen LogP) is 3.22. The van der Waals surface area contributed by atoms with Crippen molar-refractivity contribution in [3.8, 4) is 0 Å². The summed E-state index contributed by atoms with van der Waals surface area (Å²) < 4.78 is 25.7. The van der Waals surface area contributed by atoms with Gasteiger partial charge in [0.05, 0.1) is 0 Å². The Morgan fingerprint density at radius 3 is 1.76 bits per heavy atom. The van der Waals surface area contributed by atoms with E-state index in [0.717, 1.165) is 0 Å². The van der Waals surface area contributed by atoms with E-state index in [4.69, 9.17) is 0 Å².